The van der Waals surface area contributed by atoms with Crippen LogP contribution in [0.3, 0.4) is 0 Å². The fourth-order valence-electron chi connectivity index (χ4n) is 3.03. The van der Waals surface area contributed by atoms with Gasteiger partial charge < -0.3 is 14.4 Å². The number of para-hydroxylation sites is 1. The lowest BCUT2D eigenvalue weighted by molar-refractivity contribution is 0.275. The van der Waals surface area contributed by atoms with Gasteiger partial charge in [-0.25, -0.2) is 0 Å². The largest absolute Gasteiger partial charge is 0.497 e. The van der Waals surface area contributed by atoms with Crippen LogP contribution in [0.1, 0.15) is 5.69 Å². The van der Waals surface area contributed by atoms with Gasteiger partial charge in [-0.3, -0.25) is 4.98 Å². The quantitative estimate of drug-likeness (QED) is 0.628. The standard InChI is InChI=1S/C19H16N2O2/c1-23-16-8-6-14(7-9-16)21-15(12-22)10-13-11-20-18-5-3-2-4-17(18)19(13)21/h2-11,22H,12H2,1H3. The van der Waals surface area contributed by atoms with Crippen LogP contribution in [0.25, 0.3) is 27.5 Å². The molecule has 0 bridgehead atoms. The second kappa shape index (κ2) is 5.41. The molecule has 0 aliphatic carbocycles. The average molecular weight is 304 g/mol. The number of ether oxygens (including phenoxy) is 1. The molecular weight excluding hydrogens is 288 g/mol. The summed E-state index contributed by atoms with van der Waals surface area (Å²) in [6.07, 6.45) is 1.86. The number of nitrogens with zero attached hydrogens (tertiary/aromatic N) is 2. The summed E-state index contributed by atoms with van der Waals surface area (Å²) in [7, 11) is 1.65. The Kier molecular flexibility index (Phi) is 3.24. The average Bonchev–Trinajstić information content (AvgIpc) is 3.01. The zero-order valence-corrected chi connectivity index (χ0v) is 12.7. The number of hydrogen-bond acceptors (Lipinski definition) is 3. The molecule has 0 atom stereocenters. The second-order valence-corrected chi connectivity index (χ2v) is 5.41. The molecule has 23 heavy (non-hydrogen) atoms. The third-order valence-electron chi connectivity index (χ3n) is 4.10. The summed E-state index contributed by atoms with van der Waals surface area (Å²) in [5.41, 5.74) is 3.83. The van der Waals surface area contributed by atoms with E-state index in [4.69, 9.17) is 4.74 Å². The Balaban J connectivity index is 2.08. The molecule has 2 aromatic carbocycles. The molecule has 0 saturated carbocycles. The van der Waals surface area contributed by atoms with E-state index in [1.54, 1.807) is 7.11 Å². The molecule has 2 aromatic heterocycles. The first-order chi connectivity index (χ1) is 11.3. The molecule has 0 fully saturated rings. The monoisotopic (exact) mass is 304 g/mol. The first-order valence-electron chi connectivity index (χ1n) is 7.45. The van der Waals surface area contributed by atoms with Gasteiger partial charge in [-0.05, 0) is 36.4 Å². The maximum Gasteiger partial charge on any atom is 0.119 e. The molecule has 4 heteroatoms. The molecular formula is C19H16N2O2. The van der Waals surface area contributed by atoms with Gasteiger partial charge in [0.05, 0.1) is 24.8 Å². The van der Waals surface area contributed by atoms with Crippen LogP contribution in [-0.4, -0.2) is 21.8 Å². The highest BCUT2D eigenvalue weighted by molar-refractivity contribution is 6.04. The number of rotatable bonds is 3. The van der Waals surface area contributed by atoms with Gasteiger partial charge in [0.15, 0.2) is 0 Å². The number of aliphatic hydroxyl groups is 1. The van der Waals surface area contributed by atoms with E-state index < -0.39 is 0 Å². The molecule has 0 unspecified atom stereocenters. The fourth-order valence-corrected chi connectivity index (χ4v) is 3.03. The molecule has 114 valence electrons. The number of fused-ring (bicyclic) bond motifs is 3. The van der Waals surface area contributed by atoms with Crippen LogP contribution in [0.15, 0.2) is 60.8 Å². The number of pyridine rings is 1. The molecule has 0 saturated heterocycles. The van der Waals surface area contributed by atoms with Crippen molar-refractivity contribution in [2.75, 3.05) is 7.11 Å². The van der Waals surface area contributed by atoms with Gasteiger partial charge in [0.25, 0.3) is 0 Å². The van der Waals surface area contributed by atoms with E-state index in [0.717, 1.165) is 38.9 Å². The Labute approximate surface area is 133 Å². The van der Waals surface area contributed by atoms with E-state index in [1.165, 1.54) is 0 Å². The Bertz CT molecular complexity index is 988. The summed E-state index contributed by atoms with van der Waals surface area (Å²) in [5, 5.41) is 11.9. The normalized spacial score (nSPS) is 11.2. The molecule has 1 N–H and O–H groups in total. The van der Waals surface area contributed by atoms with Crippen molar-refractivity contribution in [1.29, 1.82) is 0 Å². The summed E-state index contributed by atoms with van der Waals surface area (Å²) < 4.78 is 7.31. The zero-order valence-electron chi connectivity index (χ0n) is 12.7. The van der Waals surface area contributed by atoms with Crippen molar-refractivity contribution < 1.29 is 9.84 Å². The molecule has 0 aliphatic heterocycles. The third-order valence-corrected chi connectivity index (χ3v) is 4.10. The number of hydrogen-bond donors (Lipinski definition) is 1. The van der Waals surface area contributed by atoms with Crippen LogP contribution in [0.4, 0.5) is 0 Å². The number of methoxy groups -OCH3 is 1. The van der Waals surface area contributed by atoms with Crippen molar-refractivity contribution in [1.82, 2.24) is 9.55 Å². The Hall–Kier alpha value is -2.85. The van der Waals surface area contributed by atoms with Gasteiger partial charge in [0.1, 0.15) is 5.75 Å². The van der Waals surface area contributed by atoms with Crippen molar-refractivity contribution in [2.24, 2.45) is 0 Å². The summed E-state index contributed by atoms with van der Waals surface area (Å²) >= 11 is 0. The fraction of sp³-hybridized carbons (Fsp3) is 0.105. The lowest BCUT2D eigenvalue weighted by Gasteiger charge is -2.11. The molecule has 2 heterocycles. The topological polar surface area (TPSA) is 47.3 Å². The molecule has 4 rings (SSSR count). The van der Waals surface area contributed by atoms with Gasteiger partial charge in [-0.2, -0.15) is 0 Å². The highest BCUT2D eigenvalue weighted by Crippen LogP contribution is 2.30. The number of aliphatic hydroxyl groups excluding tert-OH is 1. The minimum Gasteiger partial charge on any atom is -0.497 e. The van der Waals surface area contributed by atoms with Gasteiger partial charge >= 0.3 is 0 Å². The Morgan fingerprint density at radius 3 is 2.61 bits per heavy atom. The van der Waals surface area contributed by atoms with Crippen molar-refractivity contribution in [3.8, 4) is 11.4 Å². The van der Waals surface area contributed by atoms with Crippen LogP contribution >= 0.6 is 0 Å². The molecule has 4 nitrogen and oxygen atoms in total. The van der Waals surface area contributed by atoms with Gasteiger partial charge in [0.2, 0.25) is 0 Å². The minimum atomic E-state index is -0.0327. The summed E-state index contributed by atoms with van der Waals surface area (Å²) in [6, 6.07) is 17.9. The lowest BCUT2D eigenvalue weighted by atomic mass is 10.1. The predicted octanol–water partition coefficient (Wildman–Crippen LogP) is 3.68. The number of benzene rings is 2. The van der Waals surface area contributed by atoms with Crippen molar-refractivity contribution in [3.05, 3.63) is 66.5 Å². The van der Waals surface area contributed by atoms with Crippen LogP contribution < -0.4 is 4.74 Å². The molecule has 0 amide bonds. The highest BCUT2D eigenvalue weighted by atomic mass is 16.5. The lowest BCUT2D eigenvalue weighted by Crippen LogP contribution is -2.00. The van der Waals surface area contributed by atoms with Crippen LogP contribution in [0.5, 0.6) is 5.75 Å². The summed E-state index contributed by atoms with van der Waals surface area (Å²) in [5.74, 6) is 0.808. The highest BCUT2D eigenvalue weighted by Gasteiger charge is 2.13. The summed E-state index contributed by atoms with van der Waals surface area (Å²) in [6.45, 7) is -0.0327. The third kappa shape index (κ3) is 2.15. The van der Waals surface area contributed by atoms with Crippen molar-refractivity contribution in [2.45, 2.75) is 6.61 Å². The number of aromatic nitrogens is 2. The van der Waals surface area contributed by atoms with Crippen LogP contribution in [0.2, 0.25) is 0 Å². The second-order valence-electron chi connectivity index (χ2n) is 5.41. The first kappa shape index (κ1) is 13.8. The van der Waals surface area contributed by atoms with Gasteiger partial charge in [-0.15, -0.1) is 0 Å². The Morgan fingerprint density at radius 2 is 1.87 bits per heavy atom. The SMILES string of the molecule is COc1ccc(-n2c(CO)cc3cnc4ccccc4c32)cc1. The first-order valence-corrected chi connectivity index (χ1v) is 7.45. The predicted molar refractivity (Wildman–Crippen MR) is 91.1 cm³/mol. The van der Waals surface area contributed by atoms with E-state index in [9.17, 15) is 5.11 Å². The summed E-state index contributed by atoms with van der Waals surface area (Å²) in [4.78, 5) is 4.50. The maximum atomic E-state index is 9.79. The molecule has 0 radical (unpaired) electrons. The van der Waals surface area contributed by atoms with Crippen molar-refractivity contribution >= 4 is 21.8 Å². The van der Waals surface area contributed by atoms with E-state index in [2.05, 4.69) is 15.6 Å². The maximum absolute atomic E-state index is 9.79. The van der Waals surface area contributed by atoms with Crippen LogP contribution in [-0.2, 0) is 6.61 Å². The smallest absolute Gasteiger partial charge is 0.119 e. The molecule has 0 spiro atoms. The van der Waals surface area contributed by atoms with Crippen LogP contribution in [0, 0.1) is 0 Å². The Morgan fingerprint density at radius 1 is 1.09 bits per heavy atom. The van der Waals surface area contributed by atoms with E-state index in [0.29, 0.717) is 0 Å². The van der Waals surface area contributed by atoms with Crippen molar-refractivity contribution in [3.63, 3.8) is 0 Å². The van der Waals surface area contributed by atoms with E-state index >= 15 is 0 Å². The van der Waals surface area contributed by atoms with E-state index in [1.807, 2.05) is 54.7 Å². The molecule has 0 aliphatic rings. The zero-order chi connectivity index (χ0) is 15.8. The van der Waals surface area contributed by atoms with E-state index in [-0.39, 0.29) is 6.61 Å². The molecule has 4 aromatic rings. The van der Waals surface area contributed by atoms with Gasteiger partial charge in [-0.1, -0.05) is 18.2 Å². The van der Waals surface area contributed by atoms with Gasteiger partial charge in [0, 0.05) is 28.4 Å². The minimum absolute atomic E-state index is 0.0327.